The molecular weight excluding hydrogens is 226 g/mol. The second-order valence-electron chi connectivity index (χ2n) is 3.66. The highest BCUT2D eigenvalue weighted by Gasteiger charge is 2.07. The van der Waals surface area contributed by atoms with Crippen molar-refractivity contribution in [1.29, 1.82) is 0 Å². The number of hydrogen-bond donors (Lipinski definition) is 2. The van der Waals surface area contributed by atoms with Gasteiger partial charge in [-0.05, 0) is 32.1 Å². The predicted molar refractivity (Wildman–Crippen MR) is 67.9 cm³/mol. The van der Waals surface area contributed by atoms with Crippen molar-refractivity contribution >= 4 is 23.1 Å². The predicted octanol–water partition coefficient (Wildman–Crippen LogP) is 1.38. The van der Waals surface area contributed by atoms with Crippen molar-refractivity contribution in [2.45, 2.75) is 13.8 Å². The first-order valence-electron chi connectivity index (χ1n) is 5.26. The summed E-state index contributed by atoms with van der Waals surface area (Å²) >= 11 is 5.76. The van der Waals surface area contributed by atoms with Gasteiger partial charge in [0.05, 0.1) is 11.4 Å². The number of rotatable bonds is 5. The van der Waals surface area contributed by atoms with Gasteiger partial charge in [-0.25, -0.2) is 4.98 Å². The van der Waals surface area contributed by atoms with Gasteiger partial charge in [0.25, 0.3) is 0 Å². The number of nitrogens with two attached hydrogens (primary N) is 1. The van der Waals surface area contributed by atoms with Gasteiger partial charge < -0.3 is 16.0 Å². The lowest BCUT2D eigenvalue weighted by atomic mass is 10.3. The molecule has 0 saturated heterocycles. The molecule has 1 aromatic rings. The Labute approximate surface area is 101 Å². The maximum absolute atomic E-state index is 5.84. The van der Waals surface area contributed by atoms with E-state index in [1.54, 1.807) is 0 Å². The topological polar surface area (TPSA) is 67.1 Å². The van der Waals surface area contributed by atoms with Crippen LogP contribution in [0.2, 0.25) is 5.28 Å². The monoisotopic (exact) mass is 243 g/mol. The minimum Gasteiger partial charge on any atom is -0.394 e. The number of aryl methyl sites for hydroxylation is 1. The molecule has 0 spiro atoms. The van der Waals surface area contributed by atoms with E-state index in [1.807, 2.05) is 6.92 Å². The van der Waals surface area contributed by atoms with E-state index in [0.717, 1.165) is 19.6 Å². The molecule has 0 radical (unpaired) electrons. The number of likely N-dealkylation sites (N-methyl/N-ethyl adjacent to an activating group) is 1. The molecule has 0 amide bonds. The number of hydrogen-bond acceptors (Lipinski definition) is 5. The number of halogens is 1. The van der Waals surface area contributed by atoms with Crippen LogP contribution >= 0.6 is 11.6 Å². The first-order valence-corrected chi connectivity index (χ1v) is 5.64. The fraction of sp³-hybridized carbons (Fsp3) is 0.600. The van der Waals surface area contributed by atoms with Crippen LogP contribution < -0.4 is 11.1 Å². The van der Waals surface area contributed by atoms with E-state index in [9.17, 15) is 0 Å². The summed E-state index contributed by atoms with van der Waals surface area (Å²) in [5.74, 6) is 0.613. The number of nitrogens with zero attached hydrogens (tertiary/aromatic N) is 3. The molecule has 5 nitrogen and oxygen atoms in total. The lowest BCUT2D eigenvalue weighted by Gasteiger charge is -2.15. The highest BCUT2D eigenvalue weighted by molar-refractivity contribution is 6.28. The Morgan fingerprint density at radius 1 is 1.44 bits per heavy atom. The largest absolute Gasteiger partial charge is 0.394 e. The summed E-state index contributed by atoms with van der Waals surface area (Å²) in [5.41, 5.74) is 7.10. The molecule has 0 fully saturated rings. The van der Waals surface area contributed by atoms with Crippen molar-refractivity contribution in [3.8, 4) is 0 Å². The average Bonchev–Trinajstić information content (AvgIpc) is 2.24. The van der Waals surface area contributed by atoms with Crippen LogP contribution in [0.5, 0.6) is 0 Å². The van der Waals surface area contributed by atoms with Gasteiger partial charge in [0, 0.05) is 13.1 Å². The van der Waals surface area contributed by atoms with E-state index in [4.69, 9.17) is 17.3 Å². The fourth-order valence-electron chi connectivity index (χ4n) is 1.21. The van der Waals surface area contributed by atoms with Gasteiger partial charge >= 0.3 is 0 Å². The summed E-state index contributed by atoms with van der Waals surface area (Å²) in [4.78, 5) is 10.2. The van der Waals surface area contributed by atoms with E-state index in [2.05, 4.69) is 34.2 Å². The zero-order chi connectivity index (χ0) is 12.1. The van der Waals surface area contributed by atoms with Crippen molar-refractivity contribution in [2.24, 2.45) is 0 Å². The third kappa shape index (κ3) is 3.50. The van der Waals surface area contributed by atoms with Gasteiger partial charge in [-0.15, -0.1) is 0 Å². The maximum atomic E-state index is 5.84. The van der Waals surface area contributed by atoms with Crippen LogP contribution in [0.4, 0.5) is 11.5 Å². The van der Waals surface area contributed by atoms with Crippen LogP contribution in [0.3, 0.4) is 0 Å². The minimum absolute atomic E-state index is 0.220. The molecule has 0 unspecified atom stereocenters. The molecule has 6 heteroatoms. The summed E-state index contributed by atoms with van der Waals surface area (Å²) in [6.45, 7) is 6.64. The maximum Gasteiger partial charge on any atom is 0.224 e. The summed E-state index contributed by atoms with van der Waals surface area (Å²) in [5, 5.41) is 3.38. The average molecular weight is 244 g/mol. The molecule has 0 aliphatic carbocycles. The summed E-state index contributed by atoms with van der Waals surface area (Å²) < 4.78 is 0. The molecule has 0 aliphatic heterocycles. The summed E-state index contributed by atoms with van der Waals surface area (Å²) in [6.07, 6.45) is 0. The summed E-state index contributed by atoms with van der Waals surface area (Å²) in [6, 6.07) is 0. The van der Waals surface area contributed by atoms with Gasteiger partial charge in [-0.1, -0.05) is 6.92 Å². The van der Waals surface area contributed by atoms with Crippen LogP contribution in [-0.4, -0.2) is 41.5 Å². The molecule has 1 rings (SSSR count). The van der Waals surface area contributed by atoms with Crippen LogP contribution in [0.25, 0.3) is 0 Å². The Morgan fingerprint density at radius 3 is 2.75 bits per heavy atom. The molecule has 0 bridgehead atoms. The SMILES string of the molecule is CCN(C)CCNc1nc(Cl)nc(C)c1N. The third-order valence-corrected chi connectivity index (χ3v) is 2.60. The quantitative estimate of drug-likeness (QED) is 0.765. The standard InChI is InChI=1S/C10H18ClN5/c1-4-16(3)6-5-13-9-8(12)7(2)14-10(11)15-9/h4-6,12H2,1-3H3,(H,13,14,15). The van der Waals surface area contributed by atoms with E-state index < -0.39 is 0 Å². The molecule has 90 valence electrons. The van der Waals surface area contributed by atoms with Crippen molar-refractivity contribution in [1.82, 2.24) is 14.9 Å². The number of nitrogen functional groups attached to an aromatic ring is 1. The Kier molecular flexibility index (Phi) is 4.76. The van der Waals surface area contributed by atoms with Gasteiger partial charge in [0.2, 0.25) is 5.28 Å². The van der Waals surface area contributed by atoms with Gasteiger partial charge in [0.15, 0.2) is 5.82 Å². The molecule has 1 aromatic heterocycles. The Bertz CT molecular complexity index is 355. The molecule has 1 heterocycles. The minimum atomic E-state index is 0.220. The molecule has 0 aromatic carbocycles. The van der Waals surface area contributed by atoms with Crippen LogP contribution in [0.1, 0.15) is 12.6 Å². The Hall–Kier alpha value is -1.07. The van der Waals surface area contributed by atoms with Crippen molar-refractivity contribution < 1.29 is 0 Å². The van der Waals surface area contributed by atoms with Gasteiger partial charge in [-0.3, -0.25) is 0 Å². The molecular formula is C10H18ClN5. The van der Waals surface area contributed by atoms with Crippen LogP contribution in [0, 0.1) is 6.92 Å². The van der Waals surface area contributed by atoms with E-state index in [0.29, 0.717) is 17.2 Å². The zero-order valence-electron chi connectivity index (χ0n) is 9.92. The lowest BCUT2D eigenvalue weighted by Crippen LogP contribution is -2.25. The second kappa shape index (κ2) is 5.86. The van der Waals surface area contributed by atoms with E-state index >= 15 is 0 Å². The number of aromatic nitrogens is 2. The second-order valence-corrected chi connectivity index (χ2v) is 4.00. The highest BCUT2D eigenvalue weighted by atomic mass is 35.5. The first kappa shape index (κ1) is 13.0. The molecule has 0 aliphatic rings. The normalized spacial score (nSPS) is 10.8. The Balaban J connectivity index is 2.60. The number of anilines is 2. The van der Waals surface area contributed by atoms with Crippen molar-refractivity contribution in [3.05, 3.63) is 11.0 Å². The number of nitrogens with one attached hydrogen (secondary N) is 1. The van der Waals surface area contributed by atoms with Gasteiger partial charge in [0.1, 0.15) is 0 Å². The molecule has 16 heavy (non-hydrogen) atoms. The molecule has 0 saturated carbocycles. The van der Waals surface area contributed by atoms with E-state index in [1.165, 1.54) is 0 Å². The van der Waals surface area contributed by atoms with E-state index in [-0.39, 0.29) is 5.28 Å². The van der Waals surface area contributed by atoms with Crippen molar-refractivity contribution in [2.75, 3.05) is 37.7 Å². The highest BCUT2D eigenvalue weighted by Crippen LogP contribution is 2.19. The Morgan fingerprint density at radius 2 is 2.12 bits per heavy atom. The van der Waals surface area contributed by atoms with Gasteiger partial charge in [-0.2, -0.15) is 4.98 Å². The van der Waals surface area contributed by atoms with Crippen LogP contribution in [-0.2, 0) is 0 Å². The summed E-state index contributed by atoms with van der Waals surface area (Å²) in [7, 11) is 2.06. The zero-order valence-corrected chi connectivity index (χ0v) is 10.7. The first-order chi connectivity index (χ1) is 7.54. The van der Waals surface area contributed by atoms with Crippen molar-refractivity contribution in [3.63, 3.8) is 0 Å². The third-order valence-electron chi connectivity index (χ3n) is 2.43. The fourth-order valence-corrected chi connectivity index (χ4v) is 1.42. The molecule has 0 atom stereocenters. The lowest BCUT2D eigenvalue weighted by molar-refractivity contribution is 0.367. The molecule has 3 N–H and O–H groups in total. The smallest absolute Gasteiger partial charge is 0.224 e. The van der Waals surface area contributed by atoms with Crippen LogP contribution in [0.15, 0.2) is 0 Å².